The molecule has 2 rings (SSSR count). The summed E-state index contributed by atoms with van der Waals surface area (Å²) in [4.78, 5) is 21.9. The van der Waals surface area contributed by atoms with Crippen molar-refractivity contribution in [2.75, 3.05) is 7.11 Å². The molecule has 0 amide bonds. The number of benzene rings is 2. The van der Waals surface area contributed by atoms with Crippen LogP contribution < -0.4 is 0 Å². The zero-order valence-electron chi connectivity index (χ0n) is 17.7. The Hall–Kier alpha value is -3.54. The van der Waals surface area contributed by atoms with Crippen LogP contribution in [-0.4, -0.2) is 34.4 Å². The molecule has 2 aromatic carbocycles. The van der Waals surface area contributed by atoms with Crippen LogP contribution in [0.3, 0.4) is 0 Å². The normalized spacial score (nSPS) is 11.9. The van der Waals surface area contributed by atoms with E-state index in [-0.39, 0.29) is 35.7 Å². The summed E-state index contributed by atoms with van der Waals surface area (Å²) in [6, 6.07) is 13.6. The van der Waals surface area contributed by atoms with Crippen molar-refractivity contribution in [2.45, 2.75) is 37.5 Å². The molecule has 0 radical (unpaired) electrons. The molecule has 6 heteroatoms. The summed E-state index contributed by atoms with van der Waals surface area (Å²) in [5, 5.41) is 27.4. The Morgan fingerprint density at radius 2 is 1.35 bits per heavy atom. The third-order valence-corrected chi connectivity index (χ3v) is 4.65. The zero-order chi connectivity index (χ0) is 23.2. The number of carbonyl (C=O) groups excluding carboxylic acids is 1. The molecule has 0 fully saturated rings. The van der Waals surface area contributed by atoms with Crippen molar-refractivity contribution in [1.82, 2.24) is 0 Å². The van der Waals surface area contributed by atoms with E-state index in [9.17, 15) is 19.8 Å². The van der Waals surface area contributed by atoms with E-state index in [2.05, 4.69) is 17.9 Å². The quantitative estimate of drug-likeness (QED) is 0.359. The number of carboxylic acids is 1. The van der Waals surface area contributed by atoms with Crippen LogP contribution in [-0.2, 0) is 14.3 Å². The van der Waals surface area contributed by atoms with Gasteiger partial charge in [-0.3, -0.25) is 9.59 Å². The van der Waals surface area contributed by atoms with Gasteiger partial charge in [-0.25, -0.2) is 0 Å². The molecule has 6 nitrogen and oxygen atoms in total. The van der Waals surface area contributed by atoms with Crippen molar-refractivity contribution in [1.29, 1.82) is 0 Å². The fraction of sp³-hybridized carbons (Fsp3) is 0.280. The summed E-state index contributed by atoms with van der Waals surface area (Å²) in [5.74, 6) is -0.840. The van der Waals surface area contributed by atoms with Gasteiger partial charge in [0.2, 0.25) is 0 Å². The van der Waals surface area contributed by atoms with Gasteiger partial charge >= 0.3 is 11.9 Å². The summed E-state index contributed by atoms with van der Waals surface area (Å²) in [6.45, 7) is 7.27. The summed E-state index contributed by atoms with van der Waals surface area (Å²) in [7, 11) is 1.37. The van der Waals surface area contributed by atoms with Crippen molar-refractivity contribution >= 4 is 11.9 Å². The van der Waals surface area contributed by atoms with Gasteiger partial charge in [-0.2, -0.15) is 0 Å². The van der Waals surface area contributed by atoms with Crippen molar-refractivity contribution in [2.24, 2.45) is 0 Å². The fourth-order valence-electron chi connectivity index (χ4n) is 3.13. The van der Waals surface area contributed by atoms with Gasteiger partial charge in [0.1, 0.15) is 11.5 Å². The second-order valence-corrected chi connectivity index (χ2v) is 7.01. The van der Waals surface area contributed by atoms with E-state index < -0.39 is 5.97 Å². The van der Waals surface area contributed by atoms with Crippen molar-refractivity contribution < 1.29 is 29.6 Å². The maximum absolute atomic E-state index is 11.2. The predicted molar refractivity (Wildman–Crippen MR) is 120 cm³/mol. The average Bonchev–Trinajstić information content (AvgIpc) is 2.73. The number of carbonyl (C=O) groups is 2. The summed E-state index contributed by atoms with van der Waals surface area (Å²) in [6.07, 6.45) is 5.07. The van der Waals surface area contributed by atoms with Crippen LogP contribution in [0.5, 0.6) is 11.5 Å². The van der Waals surface area contributed by atoms with E-state index in [0.717, 1.165) is 11.1 Å². The first-order chi connectivity index (χ1) is 14.8. The molecule has 3 N–H and O–H groups in total. The van der Waals surface area contributed by atoms with Gasteiger partial charge in [0.25, 0.3) is 0 Å². The van der Waals surface area contributed by atoms with Crippen LogP contribution >= 0.6 is 0 Å². The number of aliphatic carboxylic acids is 1. The average molecular weight is 427 g/mol. The molecule has 0 spiro atoms. The van der Waals surface area contributed by atoms with E-state index in [4.69, 9.17) is 5.11 Å². The highest BCUT2D eigenvalue weighted by molar-refractivity contribution is 5.70. The number of aromatic hydroxyl groups is 2. The molecule has 2 atom stereocenters. The number of phenolic OH excluding ortho intramolecular Hbond substituents is 2. The highest BCUT2D eigenvalue weighted by Gasteiger charge is 2.16. The molecular weight excluding hydrogens is 396 g/mol. The van der Waals surface area contributed by atoms with Crippen LogP contribution in [0.1, 0.15) is 48.6 Å². The first kappa shape index (κ1) is 25.5. The fourth-order valence-corrected chi connectivity index (χ4v) is 3.13. The highest BCUT2D eigenvalue weighted by Crippen LogP contribution is 2.27. The number of rotatable bonds is 10. The Kier molecular flexibility index (Phi) is 11.2. The number of phenols is 2. The zero-order valence-corrected chi connectivity index (χ0v) is 17.7. The van der Waals surface area contributed by atoms with E-state index in [1.54, 1.807) is 48.6 Å². The highest BCUT2D eigenvalue weighted by atomic mass is 16.5. The molecule has 2 aromatic rings. The Bertz CT molecular complexity index is 874. The molecule has 2 unspecified atom stereocenters. The minimum Gasteiger partial charge on any atom is -0.508 e. The number of hydrogen-bond donors (Lipinski definition) is 3. The van der Waals surface area contributed by atoms with Crippen LogP contribution in [0.2, 0.25) is 0 Å². The molecule has 0 bridgehead atoms. The van der Waals surface area contributed by atoms with Gasteiger partial charge in [0.05, 0.1) is 20.0 Å². The summed E-state index contributed by atoms with van der Waals surface area (Å²) >= 11 is 0. The first-order valence-electron chi connectivity index (χ1n) is 9.88. The number of methoxy groups -OCH3 is 1. The smallest absolute Gasteiger partial charge is 0.306 e. The van der Waals surface area contributed by atoms with E-state index >= 15 is 0 Å². The van der Waals surface area contributed by atoms with E-state index in [1.165, 1.54) is 7.11 Å². The lowest BCUT2D eigenvalue weighted by Crippen LogP contribution is -2.08. The molecule has 0 saturated heterocycles. The lowest BCUT2D eigenvalue weighted by Gasteiger charge is -2.14. The second-order valence-electron chi connectivity index (χ2n) is 7.01. The van der Waals surface area contributed by atoms with Crippen LogP contribution in [0, 0.1) is 0 Å². The molecule has 0 heterocycles. The van der Waals surface area contributed by atoms with Crippen molar-refractivity contribution in [3.63, 3.8) is 0 Å². The van der Waals surface area contributed by atoms with Crippen molar-refractivity contribution in [3.05, 3.63) is 85.0 Å². The van der Waals surface area contributed by atoms with Crippen LogP contribution in [0.15, 0.2) is 73.8 Å². The largest absolute Gasteiger partial charge is 0.508 e. The third-order valence-electron chi connectivity index (χ3n) is 4.65. The van der Waals surface area contributed by atoms with Gasteiger partial charge in [-0.15, -0.1) is 13.2 Å². The maximum Gasteiger partial charge on any atom is 0.306 e. The molecule has 31 heavy (non-hydrogen) atoms. The van der Waals surface area contributed by atoms with Crippen LogP contribution in [0.4, 0.5) is 0 Å². The Morgan fingerprint density at radius 3 is 1.71 bits per heavy atom. The van der Waals surface area contributed by atoms with Crippen molar-refractivity contribution in [3.8, 4) is 11.5 Å². The SMILES string of the molecule is C=CCC(CC(=O)O)c1cccc(O)c1.C=CCC(CC(=O)OC)c1cccc(O)c1. The molecular formula is C25H30O6. The minimum atomic E-state index is -0.842. The minimum absolute atomic E-state index is 0.0112. The molecule has 0 aliphatic rings. The Morgan fingerprint density at radius 1 is 0.903 bits per heavy atom. The number of esters is 1. The van der Waals surface area contributed by atoms with Gasteiger partial charge in [-0.1, -0.05) is 36.4 Å². The van der Waals surface area contributed by atoms with Gasteiger partial charge in [-0.05, 0) is 60.1 Å². The van der Waals surface area contributed by atoms with Gasteiger partial charge in [0, 0.05) is 0 Å². The lowest BCUT2D eigenvalue weighted by atomic mass is 9.92. The number of allylic oxidation sites excluding steroid dienone is 2. The molecule has 0 aliphatic carbocycles. The topological polar surface area (TPSA) is 104 Å². The molecule has 0 saturated carbocycles. The standard InChI is InChI=1S/C13H16O3.C12H14O3/c1-3-5-10(9-13(15)16-2)11-6-4-7-12(14)8-11;1-2-4-9(8-12(14)15)10-5-3-6-11(13)7-10/h3-4,6-8,10,14H,1,5,9H2,2H3;2-3,5-7,9,13H,1,4,8H2,(H,14,15). The van der Waals surface area contributed by atoms with E-state index in [1.807, 2.05) is 12.1 Å². The number of hydrogen-bond acceptors (Lipinski definition) is 5. The van der Waals surface area contributed by atoms with Crippen LogP contribution in [0.25, 0.3) is 0 Å². The number of carboxylic acid groups (broad SMARTS) is 1. The van der Waals surface area contributed by atoms with E-state index in [0.29, 0.717) is 19.3 Å². The predicted octanol–water partition coefficient (Wildman–Crippen LogP) is 5.14. The second kappa shape index (κ2) is 13.6. The third kappa shape index (κ3) is 9.67. The first-order valence-corrected chi connectivity index (χ1v) is 9.88. The molecule has 166 valence electrons. The van der Waals surface area contributed by atoms with Gasteiger partial charge in [0.15, 0.2) is 0 Å². The molecule has 0 aliphatic heterocycles. The summed E-state index contributed by atoms with van der Waals surface area (Å²) < 4.78 is 4.64. The maximum atomic E-state index is 11.2. The summed E-state index contributed by atoms with van der Waals surface area (Å²) in [5.41, 5.74) is 1.75. The lowest BCUT2D eigenvalue weighted by molar-refractivity contribution is -0.141. The Labute approximate surface area is 183 Å². The monoisotopic (exact) mass is 426 g/mol. The number of ether oxygens (including phenoxy) is 1. The molecule has 0 aromatic heterocycles. The van der Waals surface area contributed by atoms with Gasteiger partial charge < -0.3 is 20.1 Å². The Balaban J connectivity index is 0.000000311.